The van der Waals surface area contributed by atoms with Crippen molar-refractivity contribution in [3.8, 4) is 0 Å². The predicted molar refractivity (Wildman–Crippen MR) is 70.0 cm³/mol. The van der Waals surface area contributed by atoms with Crippen LogP contribution in [0.15, 0.2) is 24.3 Å². The zero-order valence-electron chi connectivity index (χ0n) is 11.2. The van der Waals surface area contributed by atoms with Gasteiger partial charge in [0.05, 0.1) is 12.5 Å². The maximum atomic E-state index is 11.8. The van der Waals surface area contributed by atoms with Crippen LogP contribution < -0.4 is 0 Å². The third-order valence-electron chi connectivity index (χ3n) is 2.79. The van der Waals surface area contributed by atoms with Crippen molar-refractivity contribution in [2.45, 2.75) is 40.0 Å². The molecule has 1 unspecified atom stereocenters. The molecule has 0 saturated heterocycles. The molecule has 94 valence electrons. The van der Waals surface area contributed by atoms with E-state index in [0.29, 0.717) is 12.5 Å². The van der Waals surface area contributed by atoms with Gasteiger partial charge in [0.25, 0.3) is 0 Å². The molecule has 0 aliphatic heterocycles. The van der Waals surface area contributed by atoms with E-state index in [9.17, 15) is 4.79 Å². The van der Waals surface area contributed by atoms with E-state index >= 15 is 0 Å². The maximum absolute atomic E-state index is 11.8. The Morgan fingerprint density at radius 2 is 1.88 bits per heavy atom. The summed E-state index contributed by atoms with van der Waals surface area (Å²) in [5.41, 5.74) is 2.35. The molecule has 0 spiro atoms. The lowest BCUT2D eigenvalue weighted by atomic mass is 9.91. The van der Waals surface area contributed by atoms with Crippen LogP contribution in [-0.2, 0) is 16.0 Å². The molecule has 0 heterocycles. The predicted octanol–water partition coefficient (Wildman–Crippen LogP) is 3.55. The van der Waals surface area contributed by atoms with Crippen molar-refractivity contribution in [2.75, 3.05) is 6.61 Å². The van der Waals surface area contributed by atoms with Crippen LogP contribution in [0.1, 0.15) is 44.7 Å². The van der Waals surface area contributed by atoms with Gasteiger partial charge in [0, 0.05) is 0 Å². The summed E-state index contributed by atoms with van der Waals surface area (Å²) >= 11 is 0. The summed E-state index contributed by atoms with van der Waals surface area (Å²) in [7, 11) is 0. The van der Waals surface area contributed by atoms with Crippen LogP contribution in [0.25, 0.3) is 0 Å². The molecule has 1 atom stereocenters. The van der Waals surface area contributed by atoms with Gasteiger partial charge in [0.15, 0.2) is 0 Å². The quantitative estimate of drug-likeness (QED) is 0.728. The van der Waals surface area contributed by atoms with E-state index in [4.69, 9.17) is 4.74 Å². The summed E-state index contributed by atoms with van der Waals surface area (Å²) in [5.74, 6) is 0.277. The number of hydrogen-bond donors (Lipinski definition) is 0. The smallest absolute Gasteiger partial charge is 0.313 e. The fourth-order valence-corrected chi connectivity index (χ4v) is 1.98. The highest BCUT2D eigenvalue weighted by Crippen LogP contribution is 2.23. The van der Waals surface area contributed by atoms with Crippen molar-refractivity contribution < 1.29 is 9.53 Å². The van der Waals surface area contributed by atoms with E-state index < -0.39 is 0 Å². The molecule has 0 aromatic heterocycles. The highest BCUT2D eigenvalue weighted by molar-refractivity contribution is 5.78. The largest absolute Gasteiger partial charge is 0.466 e. The average Bonchev–Trinajstić information content (AvgIpc) is 2.28. The first-order chi connectivity index (χ1) is 8.06. The molecule has 2 heteroatoms. The molecule has 0 fully saturated rings. The topological polar surface area (TPSA) is 26.3 Å². The Labute approximate surface area is 104 Å². The molecule has 2 nitrogen and oxygen atoms in total. The first-order valence-corrected chi connectivity index (χ1v) is 6.30. The Bertz CT molecular complexity index is 369. The van der Waals surface area contributed by atoms with Crippen molar-refractivity contribution in [3.63, 3.8) is 0 Å². The van der Waals surface area contributed by atoms with Crippen molar-refractivity contribution in [1.82, 2.24) is 0 Å². The molecular formula is C15H22O2. The van der Waals surface area contributed by atoms with Crippen molar-refractivity contribution in [2.24, 2.45) is 5.92 Å². The number of carbonyl (C=O) groups is 1. The van der Waals surface area contributed by atoms with E-state index in [1.165, 1.54) is 5.56 Å². The van der Waals surface area contributed by atoms with E-state index in [-0.39, 0.29) is 11.9 Å². The Morgan fingerprint density at radius 3 is 2.47 bits per heavy atom. The molecule has 1 aromatic rings. The molecule has 0 amide bonds. The minimum atomic E-state index is -0.176. The van der Waals surface area contributed by atoms with Gasteiger partial charge in [-0.05, 0) is 37.3 Å². The number of rotatable bonds is 5. The third kappa shape index (κ3) is 3.88. The Morgan fingerprint density at radius 1 is 1.24 bits per heavy atom. The summed E-state index contributed by atoms with van der Waals surface area (Å²) < 4.78 is 5.08. The summed E-state index contributed by atoms with van der Waals surface area (Å²) in [5, 5.41) is 0. The van der Waals surface area contributed by atoms with Gasteiger partial charge < -0.3 is 4.74 Å². The highest BCUT2D eigenvalue weighted by Gasteiger charge is 2.19. The number of ether oxygens (including phenoxy) is 1. The van der Waals surface area contributed by atoms with E-state index in [1.54, 1.807) is 0 Å². The van der Waals surface area contributed by atoms with Gasteiger partial charge in [-0.3, -0.25) is 4.79 Å². The molecule has 1 aromatic carbocycles. The fraction of sp³-hybridized carbons (Fsp3) is 0.533. The Hall–Kier alpha value is -1.31. The molecule has 0 aliphatic carbocycles. The van der Waals surface area contributed by atoms with Gasteiger partial charge in [0.1, 0.15) is 0 Å². The van der Waals surface area contributed by atoms with Gasteiger partial charge in [0.2, 0.25) is 0 Å². The number of hydrogen-bond acceptors (Lipinski definition) is 2. The van der Waals surface area contributed by atoms with Gasteiger partial charge in [-0.15, -0.1) is 0 Å². The number of carbonyl (C=O) groups excluding carboxylic acids is 1. The van der Waals surface area contributed by atoms with Gasteiger partial charge in [-0.2, -0.15) is 0 Å². The lowest BCUT2D eigenvalue weighted by Crippen LogP contribution is -2.15. The minimum Gasteiger partial charge on any atom is -0.466 e. The molecule has 0 N–H and O–H groups in total. The summed E-state index contributed by atoms with van der Waals surface area (Å²) in [6.45, 7) is 8.56. The maximum Gasteiger partial charge on any atom is 0.313 e. The van der Waals surface area contributed by atoms with Gasteiger partial charge in [-0.1, -0.05) is 38.1 Å². The van der Waals surface area contributed by atoms with Crippen LogP contribution in [0.2, 0.25) is 0 Å². The van der Waals surface area contributed by atoms with Crippen LogP contribution in [0.5, 0.6) is 0 Å². The minimum absolute atomic E-state index is 0.135. The first-order valence-electron chi connectivity index (χ1n) is 6.30. The van der Waals surface area contributed by atoms with Crippen LogP contribution in [0.4, 0.5) is 0 Å². The van der Waals surface area contributed by atoms with Crippen LogP contribution >= 0.6 is 0 Å². The second kappa shape index (κ2) is 6.43. The summed E-state index contributed by atoms with van der Waals surface area (Å²) in [4.78, 5) is 11.8. The zero-order valence-corrected chi connectivity index (χ0v) is 11.2. The lowest BCUT2D eigenvalue weighted by molar-refractivity contribution is -0.144. The fourth-order valence-electron chi connectivity index (χ4n) is 1.98. The molecule has 0 radical (unpaired) electrons. The molecule has 17 heavy (non-hydrogen) atoms. The molecule has 0 aliphatic rings. The normalized spacial score (nSPS) is 12.5. The molecule has 1 rings (SSSR count). The van der Waals surface area contributed by atoms with Crippen molar-refractivity contribution in [1.29, 1.82) is 0 Å². The van der Waals surface area contributed by atoms with Crippen LogP contribution in [0.3, 0.4) is 0 Å². The van der Waals surface area contributed by atoms with E-state index in [1.807, 2.05) is 32.0 Å². The molecular weight excluding hydrogens is 212 g/mol. The van der Waals surface area contributed by atoms with Crippen molar-refractivity contribution >= 4 is 5.97 Å². The van der Waals surface area contributed by atoms with E-state index in [2.05, 4.69) is 19.9 Å². The highest BCUT2D eigenvalue weighted by atomic mass is 16.5. The standard InChI is InChI=1S/C15H22O2/c1-5-17-15(16)12(4)14-9-7-6-8-13(14)10-11(2)3/h6-9,11-12H,5,10H2,1-4H3. The molecule has 0 bridgehead atoms. The second-order valence-electron chi connectivity index (χ2n) is 4.77. The SMILES string of the molecule is CCOC(=O)C(C)c1ccccc1CC(C)C. The Kier molecular flexibility index (Phi) is 5.20. The van der Waals surface area contributed by atoms with Gasteiger partial charge in [-0.25, -0.2) is 0 Å². The number of benzene rings is 1. The zero-order chi connectivity index (χ0) is 12.8. The summed E-state index contributed by atoms with van der Waals surface area (Å²) in [6, 6.07) is 8.14. The molecule has 0 saturated carbocycles. The third-order valence-corrected chi connectivity index (χ3v) is 2.79. The van der Waals surface area contributed by atoms with E-state index in [0.717, 1.165) is 12.0 Å². The van der Waals surface area contributed by atoms with Crippen LogP contribution in [-0.4, -0.2) is 12.6 Å². The summed E-state index contributed by atoms with van der Waals surface area (Å²) in [6.07, 6.45) is 1.000. The van der Waals surface area contributed by atoms with Gasteiger partial charge >= 0.3 is 5.97 Å². The average molecular weight is 234 g/mol. The second-order valence-corrected chi connectivity index (χ2v) is 4.77. The lowest BCUT2D eigenvalue weighted by Gasteiger charge is -2.16. The first kappa shape index (κ1) is 13.8. The van der Waals surface area contributed by atoms with Crippen molar-refractivity contribution in [3.05, 3.63) is 35.4 Å². The number of esters is 1. The van der Waals surface area contributed by atoms with Crippen LogP contribution in [0, 0.1) is 5.92 Å². The Balaban J connectivity index is 2.92. The monoisotopic (exact) mass is 234 g/mol.